The summed E-state index contributed by atoms with van der Waals surface area (Å²) in [5.74, 6) is 1.45. The maximum absolute atomic E-state index is 6.20. The van der Waals surface area contributed by atoms with E-state index in [2.05, 4.69) is 26.0 Å². The lowest BCUT2D eigenvalue weighted by molar-refractivity contribution is 0.414. The number of ether oxygens (including phenoxy) is 1. The second-order valence-electron chi connectivity index (χ2n) is 4.15. The molecule has 0 saturated carbocycles. The van der Waals surface area contributed by atoms with Gasteiger partial charge in [0.1, 0.15) is 5.75 Å². The fourth-order valence-electron chi connectivity index (χ4n) is 1.43. The molecule has 0 amide bonds. The summed E-state index contributed by atoms with van der Waals surface area (Å²) in [4.78, 5) is 0. The zero-order valence-corrected chi connectivity index (χ0v) is 10.4. The summed E-state index contributed by atoms with van der Waals surface area (Å²) in [7, 11) is 1.68. The molecule has 0 fully saturated rings. The van der Waals surface area contributed by atoms with Gasteiger partial charge in [-0.2, -0.15) is 0 Å². The smallest absolute Gasteiger partial charge is 0.118 e. The molecule has 0 spiro atoms. The Bertz CT molecular complexity index is 279. The molecular weight excluding hydrogens is 208 g/mol. The van der Waals surface area contributed by atoms with Crippen LogP contribution in [0, 0.1) is 5.92 Å². The summed E-state index contributed by atoms with van der Waals surface area (Å²) in [6, 6.07) is 8.19. The van der Waals surface area contributed by atoms with Crippen molar-refractivity contribution >= 4 is 11.6 Å². The van der Waals surface area contributed by atoms with Crippen molar-refractivity contribution in [1.29, 1.82) is 0 Å². The van der Waals surface area contributed by atoms with E-state index >= 15 is 0 Å². The minimum atomic E-state index is 0.270. The number of benzene rings is 1. The number of alkyl halides is 1. The maximum atomic E-state index is 6.20. The molecule has 1 atom stereocenters. The number of methoxy groups -OCH3 is 1. The monoisotopic (exact) mass is 226 g/mol. The van der Waals surface area contributed by atoms with E-state index in [-0.39, 0.29) is 5.38 Å². The van der Waals surface area contributed by atoms with Gasteiger partial charge in [-0.05, 0) is 36.5 Å². The van der Waals surface area contributed by atoms with E-state index in [0.717, 1.165) is 18.6 Å². The number of rotatable bonds is 5. The molecule has 1 rings (SSSR count). The van der Waals surface area contributed by atoms with Crippen LogP contribution in [0.5, 0.6) is 5.75 Å². The summed E-state index contributed by atoms with van der Waals surface area (Å²) < 4.78 is 5.11. The summed E-state index contributed by atoms with van der Waals surface area (Å²) in [5, 5.41) is 0.270. The van der Waals surface area contributed by atoms with Crippen molar-refractivity contribution in [1.82, 2.24) is 0 Å². The molecule has 1 aromatic carbocycles. The van der Waals surface area contributed by atoms with Gasteiger partial charge in [-0.3, -0.25) is 0 Å². The third kappa shape index (κ3) is 4.13. The number of aryl methyl sites for hydroxylation is 1. The summed E-state index contributed by atoms with van der Waals surface area (Å²) >= 11 is 6.20. The highest BCUT2D eigenvalue weighted by molar-refractivity contribution is 6.20. The van der Waals surface area contributed by atoms with Gasteiger partial charge in [-0.25, -0.2) is 0 Å². The van der Waals surface area contributed by atoms with Crippen molar-refractivity contribution in [3.8, 4) is 5.75 Å². The Morgan fingerprint density at radius 1 is 1.20 bits per heavy atom. The third-order valence-electron chi connectivity index (χ3n) is 2.59. The Hall–Kier alpha value is -0.690. The summed E-state index contributed by atoms with van der Waals surface area (Å²) in [6.45, 7) is 4.32. The van der Waals surface area contributed by atoms with E-state index in [0.29, 0.717) is 5.92 Å². The van der Waals surface area contributed by atoms with Gasteiger partial charge in [-0.15, -0.1) is 11.6 Å². The molecule has 0 saturated heterocycles. The van der Waals surface area contributed by atoms with Gasteiger partial charge < -0.3 is 4.74 Å². The van der Waals surface area contributed by atoms with E-state index in [4.69, 9.17) is 16.3 Å². The Kier molecular flexibility index (Phi) is 4.97. The fourth-order valence-corrected chi connectivity index (χ4v) is 1.54. The molecule has 1 unspecified atom stereocenters. The minimum Gasteiger partial charge on any atom is -0.497 e. The van der Waals surface area contributed by atoms with Crippen molar-refractivity contribution in [2.75, 3.05) is 7.11 Å². The molecule has 84 valence electrons. The second kappa shape index (κ2) is 6.02. The molecule has 0 aromatic heterocycles. The van der Waals surface area contributed by atoms with Crippen LogP contribution < -0.4 is 4.74 Å². The first-order valence-electron chi connectivity index (χ1n) is 5.40. The van der Waals surface area contributed by atoms with Crippen molar-refractivity contribution < 1.29 is 4.74 Å². The molecule has 1 nitrogen and oxygen atoms in total. The largest absolute Gasteiger partial charge is 0.497 e. The van der Waals surface area contributed by atoms with Crippen LogP contribution in [0.1, 0.15) is 25.8 Å². The van der Waals surface area contributed by atoms with Crippen LogP contribution in [0.25, 0.3) is 0 Å². The molecule has 2 heteroatoms. The first kappa shape index (κ1) is 12.4. The van der Waals surface area contributed by atoms with Gasteiger partial charge in [0, 0.05) is 5.38 Å². The van der Waals surface area contributed by atoms with Gasteiger partial charge >= 0.3 is 0 Å². The van der Waals surface area contributed by atoms with Gasteiger partial charge in [0.25, 0.3) is 0 Å². The Labute approximate surface area is 97.4 Å². The lowest BCUT2D eigenvalue weighted by Crippen LogP contribution is -2.08. The van der Waals surface area contributed by atoms with Gasteiger partial charge in [-0.1, -0.05) is 26.0 Å². The molecule has 0 aliphatic carbocycles. The first-order valence-corrected chi connectivity index (χ1v) is 5.84. The van der Waals surface area contributed by atoms with Gasteiger partial charge in [0.05, 0.1) is 7.11 Å². The third-order valence-corrected chi connectivity index (χ3v) is 3.31. The topological polar surface area (TPSA) is 9.23 Å². The van der Waals surface area contributed by atoms with E-state index in [9.17, 15) is 0 Å². The normalized spacial score (nSPS) is 12.9. The second-order valence-corrected chi connectivity index (χ2v) is 4.71. The Balaban J connectivity index is 2.44. The zero-order chi connectivity index (χ0) is 11.3. The molecule has 0 aliphatic heterocycles. The fraction of sp³-hybridized carbons (Fsp3) is 0.538. The van der Waals surface area contributed by atoms with Crippen molar-refractivity contribution in [3.05, 3.63) is 29.8 Å². The van der Waals surface area contributed by atoms with Crippen LogP contribution in [0.2, 0.25) is 0 Å². The maximum Gasteiger partial charge on any atom is 0.118 e. The quantitative estimate of drug-likeness (QED) is 0.693. The SMILES string of the molecule is COc1ccc(CCC(Cl)C(C)C)cc1. The number of halogens is 1. The summed E-state index contributed by atoms with van der Waals surface area (Å²) in [6.07, 6.45) is 2.07. The first-order chi connectivity index (χ1) is 7.13. The average molecular weight is 227 g/mol. The van der Waals surface area contributed by atoms with Crippen LogP contribution in [0.4, 0.5) is 0 Å². The highest BCUT2D eigenvalue weighted by Gasteiger charge is 2.09. The summed E-state index contributed by atoms with van der Waals surface area (Å²) in [5.41, 5.74) is 1.32. The zero-order valence-electron chi connectivity index (χ0n) is 9.66. The lowest BCUT2D eigenvalue weighted by Gasteiger charge is -2.12. The molecule has 0 aliphatic rings. The van der Waals surface area contributed by atoms with E-state index in [1.807, 2.05) is 12.1 Å². The molecular formula is C13H19ClO. The van der Waals surface area contributed by atoms with Crippen molar-refractivity contribution in [3.63, 3.8) is 0 Å². The van der Waals surface area contributed by atoms with Crippen molar-refractivity contribution in [2.45, 2.75) is 32.1 Å². The van der Waals surface area contributed by atoms with Crippen LogP contribution in [-0.4, -0.2) is 12.5 Å². The predicted molar refractivity (Wildman–Crippen MR) is 65.8 cm³/mol. The molecule has 0 bridgehead atoms. The predicted octanol–water partition coefficient (Wildman–Crippen LogP) is 3.89. The minimum absolute atomic E-state index is 0.270. The average Bonchev–Trinajstić information content (AvgIpc) is 2.26. The molecule has 0 N–H and O–H groups in total. The van der Waals surface area contributed by atoms with E-state index < -0.39 is 0 Å². The Morgan fingerprint density at radius 2 is 1.80 bits per heavy atom. The van der Waals surface area contributed by atoms with Gasteiger partial charge in [0.15, 0.2) is 0 Å². The highest BCUT2D eigenvalue weighted by Crippen LogP contribution is 2.18. The Morgan fingerprint density at radius 3 is 2.27 bits per heavy atom. The van der Waals surface area contributed by atoms with Crippen molar-refractivity contribution in [2.24, 2.45) is 5.92 Å². The van der Waals surface area contributed by atoms with Crippen LogP contribution in [0.3, 0.4) is 0 Å². The molecule has 1 aromatic rings. The number of hydrogen-bond donors (Lipinski definition) is 0. The number of hydrogen-bond acceptors (Lipinski definition) is 1. The highest BCUT2D eigenvalue weighted by atomic mass is 35.5. The molecule has 15 heavy (non-hydrogen) atoms. The lowest BCUT2D eigenvalue weighted by atomic mass is 10.0. The molecule has 0 radical (unpaired) electrons. The van der Waals surface area contributed by atoms with Crippen LogP contribution in [-0.2, 0) is 6.42 Å². The van der Waals surface area contributed by atoms with Gasteiger partial charge in [0.2, 0.25) is 0 Å². The standard InChI is InChI=1S/C13H19ClO/c1-10(2)13(14)9-6-11-4-7-12(15-3)8-5-11/h4-5,7-8,10,13H,6,9H2,1-3H3. The van der Waals surface area contributed by atoms with E-state index in [1.54, 1.807) is 7.11 Å². The van der Waals surface area contributed by atoms with Crippen LogP contribution >= 0.6 is 11.6 Å². The molecule has 0 heterocycles. The van der Waals surface area contributed by atoms with Crippen LogP contribution in [0.15, 0.2) is 24.3 Å². The van der Waals surface area contributed by atoms with E-state index in [1.165, 1.54) is 5.56 Å².